The smallest absolute Gasteiger partial charge is 0.406 e. The maximum atomic E-state index is 13.6. The molecule has 4 saturated carbocycles. The first-order chi connectivity index (χ1) is 14.7. The lowest BCUT2D eigenvalue weighted by Gasteiger charge is -2.60. The third kappa shape index (κ3) is 3.97. The minimum Gasteiger partial charge on any atom is -0.453 e. The Labute approximate surface area is 190 Å². The molecule has 4 fully saturated rings. The van der Waals surface area contributed by atoms with Crippen LogP contribution in [0.25, 0.3) is 0 Å². The van der Waals surface area contributed by atoms with Crippen molar-refractivity contribution in [1.29, 1.82) is 0 Å². The third-order valence-corrected chi connectivity index (χ3v) is 10.8. The Kier molecular flexibility index (Phi) is 6.77. The van der Waals surface area contributed by atoms with E-state index in [4.69, 9.17) is 9.26 Å². The van der Waals surface area contributed by atoms with E-state index in [-0.39, 0.29) is 17.4 Å². The summed E-state index contributed by atoms with van der Waals surface area (Å²) in [5.41, 5.74) is 0.554. The molecule has 0 aromatic heterocycles. The normalized spacial score (nSPS) is 45.3. The zero-order valence-electron chi connectivity index (χ0n) is 19.8. The number of fused-ring (bicyclic) bond motifs is 5. The Hall–Kier alpha value is -0.670. The zero-order chi connectivity index (χ0) is 22.4. The molecule has 4 rings (SSSR count). The second-order valence-electron chi connectivity index (χ2n) is 11.6. The number of Topliss-reactive ketones (excluding diaryl/α,β-unsaturated/α-hetero) is 1. The fraction of sp³-hybridized carbons (Fsp3) is 0.920. The van der Waals surface area contributed by atoms with E-state index in [1.54, 1.807) is 0 Å². The highest BCUT2D eigenvalue weighted by molar-refractivity contribution is 7.09. The summed E-state index contributed by atoms with van der Waals surface area (Å²) in [6, 6.07) is 0. The van der Waals surface area contributed by atoms with Crippen molar-refractivity contribution in [3.63, 3.8) is 0 Å². The average Bonchev–Trinajstić information content (AvgIpc) is 3.11. The van der Waals surface area contributed by atoms with Crippen LogP contribution >= 0.6 is 9.47 Å². The largest absolute Gasteiger partial charge is 0.453 e. The van der Waals surface area contributed by atoms with Gasteiger partial charge in [0.05, 0.1) is 13.2 Å². The summed E-state index contributed by atoms with van der Waals surface area (Å²) in [5.74, 6) is 3.57. The van der Waals surface area contributed by atoms with Gasteiger partial charge in [0.1, 0.15) is 5.78 Å². The monoisotopic (exact) mass is 451 g/mol. The van der Waals surface area contributed by atoms with E-state index in [9.17, 15) is 9.59 Å². The molecule has 0 aromatic carbocycles. The first-order valence-electron chi connectivity index (χ1n) is 12.4. The Balaban J connectivity index is 1.48. The van der Waals surface area contributed by atoms with Crippen LogP contribution in [0, 0.1) is 46.3 Å². The standard InChI is InChI=1S/C25H42NO4P/c1-15(9-12-26-23(28)29-4)18-5-6-19-22-20(8-11-25(18,19)3)24(2)10-7-17(30-31)13-16(24)14-21(22)27/h15-20,22H,5-14,31H2,1-4H3,(H,26,28)/t15-,16+,17-,18?,19+,20+,22+,24+,25-/m1/s1. The number of carbonyl (C=O) groups excluding carboxylic acids is 2. The molecule has 0 aromatic rings. The molecule has 2 unspecified atom stereocenters. The number of methoxy groups -OCH3 is 1. The molecule has 0 saturated heterocycles. The van der Waals surface area contributed by atoms with Crippen molar-refractivity contribution < 1.29 is 18.8 Å². The van der Waals surface area contributed by atoms with Gasteiger partial charge in [-0.3, -0.25) is 4.79 Å². The van der Waals surface area contributed by atoms with Gasteiger partial charge in [-0.2, -0.15) is 0 Å². The third-order valence-electron chi connectivity index (χ3n) is 10.4. The highest BCUT2D eigenvalue weighted by atomic mass is 31.0. The summed E-state index contributed by atoms with van der Waals surface area (Å²) in [6.45, 7) is 7.98. The van der Waals surface area contributed by atoms with Gasteiger partial charge in [-0.1, -0.05) is 20.8 Å². The van der Waals surface area contributed by atoms with Crippen LogP contribution in [0.2, 0.25) is 0 Å². The van der Waals surface area contributed by atoms with Crippen LogP contribution in [0.15, 0.2) is 0 Å². The molecule has 0 radical (unpaired) electrons. The molecule has 5 nitrogen and oxygen atoms in total. The van der Waals surface area contributed by atoms with Gasteiger partial charge in [0.25, 0.3) is 0 Å². The molecule has 176 valence electrons. The topological polar surface area (TPSA) is 64.6 Å². The van der Waals surface area contributed by atoms with Crippen molar-refractivity contribution in [2.45, 2.75) is 84.7 Å². The number of alkyl carbamates (subject to hydrolysis) is 1. The molecular formula is C25H42NO4P. The van der Waals surface area contributed by atoms with E-state index < -0.39 is 0 Å². The summed E-state index contributed by atoms with van der Waals surface area (Å²) in [5, 5.41) is 2.84. The van der Waals surface area contributed by atoms with Crippen LogP contribution in [-0.4, -0.2) is 31.6 Å². The summed E-state index contributed by atoms with van der Waals surface area (Å²) in [6.07, 6.45) is 9.93. The number of hydrogen-bond acceptors (Lipinski definition) is 4. The zero-order valence-corrected chi connectivity index (χ0v) is 21.0. The first kappa shape index (κ1) is 23.5. The van der Waals surface area contributed by atoms with Gasteiger partial charge in [0, 0.05) is 28.4 Å². The second-order valence-corrected chi connectivity index (χ2v) is 11.8. The van der Waals surface area contributed by atoms with Crippen molar-refractivity contribution >= 4 is 21.3 Å². The van der Waals surface area contributed by atoms with Gasteiger partial charge in [-0.05, 0) is 91.8 Å². The predicted molar refractivity (Wildman–Crippen MR) is 124 cm³/mol. The van der Waals surface area contributed by atoms with Crippen molar-refractivity contribution in [3.05, 3.63) is 0 Å². The molecule has 6 heteroatoms. The summed E-state index contributed by atoms with van der Waals surface area (Å²) >= 11 is 0. The Morgan fingerprint density at radius 1 is 1.16 bits per heavy atom. The van der Waals surface area contributed by atoms with Gasteiger partial charge in [-0.15, -0.1) is 0 Å². The maximum Gasteiger partial charge on any atom is 0.406 e. The number of amides is 1. The number of ether oxygens (including phenoxy) is 1. The lowest BCUT2D eigenvalue weighted by Crippen LogP contribution is -2.57. The summed E-state index contributed by atoms with van der Waals surface area (Å²) in [7, 11) is 3.85. The maximum absolute atomic E-state index is 13.6. The van der Waals surface area contributed by atoms with E-state index in [0.29, 0.717) is 53.4 Å². The molecule has 0 aliphatic heterocycles. The van der Waals surface area contributed by atoms with Crippen LogP contribution in [0.5, 0.6) is 0 Å². The SMILES string of the molecule is COC(=O)NCC[C@@H](C)C1CC[C@H]2[C@@H]3C(=O)C[C@@H]4C[C@H](OP)CC[C@]4(C)[C@H]3CC[C@]12C. The molecular weight excluding hydrogens is 409 g/mol. The molecule has 4 aliphatic rings. The van der Waals surface area contributed by atoms with Crippen LogP contribution in [0.4, 0.5) is 4.79 Å². The van der Waals surface area contributed by atoms with Crippen LogP contribution < -0.4 is 5.32 Å². The quantitative estimate of drug-likeness (QED) is 0.570. The van der Waals surface area contributed by atoms with Gasteiger partial charge in [0.2, 0.25) is 0 Å². The second kappa shape index (κ2) is 8.93. The number of carbonyl (C=O) groups is 2. The number of hydrogen-bond donors (Lipinski definition) is 1. The number of ketones is 1. The molecule has 0 heterocycles. The van der Waals surface area contributed by atoms with E-state index in [1.807, 2.05) is 0 Å². The van der Waals surface area contributed by atoms with Crippen LogP contribution in [-0.2, 0) is 14.1 Å². The average molecular weight is 452 g/mol. The highest BCUT2D eigenvalue weighted by Crippen LogP contribution is 2.67. The van der Waals surface area contributed by atoms with Crippen LogP contribution in [0.1, 0.15) is 78.6 Å². The van der Waals surface area contributed by atoms with Crippen LogP contribution in [0.3, 0.4) is 0 Å². The molecule has 31 heavy (non-hydrogen) atoms. The van der Waals surface area contributed by atoms with Gasteiger partial charge in [-0.25, -0.2) is 4.79 Å². The van der Waals surface area contributed by atoms with E-state index >= 15 is 0 Å². The molecule has 1 amide bonds. The van der Waals surface area contributed by atoms with Crippen molar-refractivity contribution in [2.24, 2.45) is 46.3 Å². The molecule has 4 aliphatic carbocycles. The molecule has 10 atom stereocenters. The van der Waals surface area contributed by atoms with Gasteiger partial charge >= 0.3 is 6.09 Å². The minimum absolute atomic E-state index is 0.255. The molecule has 1 N–H and O–H groups in total. The van der Waals surface area contributed by atoms with E-state index in [1.165, 1.54) is 39.2 Å². The first-order valence-corrected chi connectivity index (χ1v) is 12.9. The Bertz CT molecular complexity index is 701. The predicted octanol–water partition coefficient (Wildman–Crippen LogP) is 5.38. The fourth-order valence-corrected chi connectivity index (χ4v) is 8.91. The fourth-order valence-electron chi connectivity index (χ4n) is 8.67. The highest BCUT2D eigenvalue weighted by Gasteiger charge is 2.63. The number of rotatable bonds is 5. The number of nitrogens with one attached hydrogen (secondary N) is 1. The molecule has 0 spiro atoms. The van der Waals surface area contributed by atoms with E-state index in [2.05, 4.69) is 35.6 Å². The van der Waals surface area contributed by atoms with Crippen molar-refractivity contribution in [2.75, 3.05) is 13.7 Å². The van der Waals surface area contributed by atoms with Gasteiger partial charge < -0.3 is 14.6 Å². The lowest BCUT2D eigenvalue weighted by atomic mass is 9.44. The Morgan fingerprint density at radius 2 is 1.87 bits per heavy atom. The summed E-state index contributed by atoms with van der Waals surface area (Å²) in [4.78, 5) is 25.0. The lowest BCUT2D eigenvalue weighted by molar-refractivity contribution is -0.159. The Morgan fingerprint density at radius 3 is 2.58 bits per heavy atom. The van der Waals surface area contributed by atoms with E-state index in [0.717, 1.165) is 25.7 Å². The van der Waals surface area contributed by atoms with Crippen molar-refractivity contribution in [1.82, 2.24) is 5.32 Å². The summed E-state index contributed by atoms with van der Waals surface area (Å²) < 4.78 is 10.3. The minimum atomic E-state index is -0.347. The molecule has 0 bridgehead atoms. The van der Waals surface area contributed by atoms with Crippen molar-refractivity contribution in [3.8, 4) is 0 Å². The van der Waals surface area contributed by atoms with Gasteiger partial charge in [0.15, 0.2) is 0 Å².